The summed E-state index contributed by atoms with van der Waals surface area (Å²) in [5.74, 6) is -0.0399. The highest BCUT2D eigenvalue weighted by molar-refractivity contribution is 5.97. The lowest BCUT2D eigenvalue weighted by molar-refractivity contribution is -0.128. The number of nitrogens with one attached hydrogen (secondary N) is 1. The fourth-order valence-electron chi connectivity index (χ4n) is 3.44. The zero-order chi connectivity index (χ0) is 19.4. The number of nitrogens with zero attached hydrogens (tertiary/aromatic N) is 3. The normalized spacial score (nSPS) is 15.2. The molecule has 0 bridgehead atoms. The van der Waals surface area contributed by atoms with Gasteiger partial charge in [-0.1, -0.05) is 0 Å². The van der Waals surface area contributed by atoms with Gasteiger partial charge in [0.25, 0.3) is 5.91 Å². The molecule has 2 amide bonds. The van der Waals surface area contributed by atoms with Crippen molar-refractivity contribution in [3.63, 3.8) is 0 Å². The summed E-state index contributed by atoms with van der Waals surface area (Å²) >= 11 is 0. The molecule has 0 unspecified atom stereocenters. The molecule has 0 aliphatic carbocycles. The van der Waals surface area contributed by atoms with E-state index < -0.39 is 0 Å². The van der Waals surface area contributed by atoms with Crippen molar-refractivity contribution < 1.29 is 14.3 Å². The molecule has 0 atom stereocenters. The third kappa shape index (κ3) is 4.21. The van der Waals surface area contributed by atoms with Crippen LogP contribution in [0.1, 0.15) is 30.6 Å². The number of fused-ring (bicyclic) bond motifs is 1. The number of aromatic amines is 1. The van der Waals surface area contributed by atoms with Crippen LogP contribution < -0.4 is 5.69 Å². The molecule has 1 aromatic carbocycles. The summed E-state index contributed by atoms with van der Waals surface area (Å²) in [4.78, 5) is 43.0. The lowest BCUT2D eigenvalue weighted by Crippen LogP contribution is -2.36. The van der Waals surface area contributed by atoms with Crippen molar-refractivity contribution in [1.82, 2.24) is 19.4 Å². The van der Waals surface area contributed by atoms with Crippen LogP contribution in [0.5, 0.6) is 0 Å². The van der Waals surface area contributed by atoms with E-state index in [9.17, 15) is 14.4 Å². The highest BCUT2D eigenvalue weighted by atomic mass is 16.5. The monoisotopic (exact) mass is 374 g/mol. The molecular formula is C19H26N4O4. The molecule has 2 heterocycles. The van der Waals surface area contributed by atoms with Gasteiger partial charge in [0.15, 0.2) is 0 Å². The van der Waals surface area contributed by atoms with Crippen molar-refractivity contribution >= 4 is 22.8 Å². The summed E-state index contributed by atoms with van der Waals surface area (Å²) in [6.07, 6.45) is 0.762. The molecule has 2 aromatic rings. The average molecular weight is 374 g/mol. The number of carbonyl (C=O) groups is 2. The van der Waals surface area contributed by atoms with Crippen LogP contribution in [0.4, 0.5) is 0 Å². The highest BCUT2D eigenvalue weighted by Gasteiger charge is 2.22. The lowest BCUT2D eigenvalue weighted by atomic mass is 10.1. The van der Waals surface area contributed by atoms with Crippen molar-refractivity contribution in [3.8, 4) is 0 Å². The quantitative estimate of drug-likeness (QED) is 0.793. The topological polar surface area (TPSA) is 87.6 Å². The Kier molecular flexibility index (Phi) is 5.95. The third-order valence-corrected chi connectivity index (χ3v) is 4.91. The van der Waals surface area contributed by atoms with Gasteiger partial charge in [0.2, 0.25) is 5.91 Å². The Bertz CT molecular complexity index is 885. The number of carbonyl (C=O) groups excluding carboxylic acids is 2. The van der Waals surface area contributed by atoms with E-state index >= 15 is 0 Å². The fraction of sp³-hybridized carbons (Fsp3) is 0.526. The molecule has 3 rings (SSSR count). The first kappa shape index (κ1) is 19.2. The number of H-pyrrole nitrogens is 1. The molecule has 1 aliphatic rings. The van der Waals surface area contributed by atoms with Crippen LogP contribution >= 0.6 is 0 Å². The van der Waals surface area contributed by atoms with Crippen LogP contribution in [-0.2, 0) is 16.1 Å². The summed E-state index contributed by atoms with van der Waals surface area (Å²) in [5, 5.41) is 0. The summed E-state index contributed by atoms with van der Waals surface area (Å²) in [6, 6.07) is 5.28. The Morgan fingerprint density at radius 1 is 1.15 bits per heavy atom. The summed E-state index contributed by atoms with van der Waals surface area (Å²) in [6.45, 7) is 7.35. The smallest absolute Gasteiger partial charge is 0.326 e. The number of hydrogen-bond acceptors (Lipinski definition) is 4. The number of aromatic nitrogens is 2. The van der Waals surface area contributed by atoms with Gasteiger partial charge in [0.1, 0.15) is 0 Å². The molecule has 1 saturated heterocycles. The fourth-order valence-corrected chi connectivity index (χ4v) is 3.44. The first-order valence-electron chi connectivity index (χ1n) is 9.36. The number of hydrogen-bond donors (Lipinski definition) is 1. The van der Waals surface area contributed by atoms with Crippen molar-refractivity contribution in [1.29, 1.82) is 0 Å². The number of ether oxygens (including phenoxy) is 1. The van der Waals surface area contributed by atoms with Gasteiger partial charge in [-0.2, -0.15) is 0 Å². The van der Waals surface area contributed by atoms with E-state index in [4.69, 9.17) is 4.74 Å². The van der Waals surface area contributed by atoms with Gasteiger partial charge in [-0.25, -0.2) is 4.79 Å². The molecule has 0 saturated carbocycles. The minimum atomic E-state index is -0.207. The second-order valence-electron chi connectivity index (χ2n) is 6.66. The van der Waals surface area contributed by atoms with Crippen molar-refractivity contribution in [2.24, 2.45) is 0 Å². The predicted octanol–water partition coefficient (Wildman–Crippen LogP) is 1.06. The van der Waals surface area contributed by atoms with E-state index in [0.29, 0.717) is 57.0 Å². The Morgan fingerprint density at radius 3 is 2.63 bits per heavy atom. The van der Waals surface area contributed by atoms with Gasteiger partial charge in [0.05, 0.1) is 24.2 Å². The standard InChI is InChI=1S/C19H26N4O4/c1-3-27-12-11-23-17-6-5-15(13-16(17)20-19(23)26)18(25)22-8-4-7-21(9-10-22)14(2)24/h5-6,13H,3-4,7-12H2,1-2H3,(H,20,26). The zero-order valence-corrected chi connectivity index (χ0v) is 15.9. The number of rotatable bonds is 5. The first-order chi connectivity index (χ1) is 13.0. The van der Waals surface area contributed by atoms with Crippen LogP contribution in [0.2, 0.25) is 0 Å². The molecule has 27 heavy (non-hydrogen) atoms. The van der Waals surface area contributed by atoms with Gasteiger partial charge >= 0.3 is 5.69 Å². The maximum atomic E-state index is 12.9. The van der Waals surface area contributed by atoms with E-state index in [0.717, 1.165) is 11.9 Å². The minimum Gasteiger partial charge on any atom is -0.380 e. The molecular weight excluding hydrogens is 348 g/mol. The molecule has 1 N–H and O–H groups in total. The molecule has 1 fully saturated rings. The molecule has 1 aliphatic heterocycles. The summed E-state index contributed by atoms with van der Waals surface area (Å²) in [5.41, 5.74) is 1.73. The predicted molar refractivity (Wildman–Crippen MR) is 102 cm³/mol. The van der Waals surface area contributed by atoms with Crippen molar-refractivity contribution in [3.05, 3.63) is 34.2 Å². The molecule has 0 radical (unpaired) electrons. The van der Waals surface area contributed by atoms with Crippen molar-refractivity contribution in [2.45, 2.75) is 26.8 Å². The Balaban J connectivity index is 1.77. The zero-order valence-electron chi connectivity index (χ0n) is 15.9. The van der Waals surface area contributed by atoms with Crippen LogP contribution in [0.25, 0.3) is 11.0 Å². The highest BCUT2D eigenvalue weighted by Crippen LogP contribution is 2.16. The Morgan fingerprint density at radius 2 is 1.89 bits per heavy atom. The van der Waals surface area contributed by atoms with Gasteiger partial charge in [0, 0.05) is 45.3 Å². The number of benzene rings is 1. The van der Waals surface area contributed by atoms with E-state index in [1.165, 1.54) is 0 Å². The molecule has 8 heteroatoms. The summed E-state index contributed by atoms with van der Waals surface area (Å²) in [7, 11) is 0. The van der Waals surface area contributed by atoms with E-state index in [2.05, 4.69) is 4.98 Å². The van der Waals surface area contributed by atoms with E-state index in [-0.39, 0.29) is 17.5 Å². The van der Waals surface area contributed by atoms with Crippen LogP contribution in [-0.4, -0.2) is 70.6 Å². The first-order valence-corrected chi connectivity index (χ1v) is 9.36. The van der Waals surface area contributed by atoms with Crippen LogP contribution in [0.3, 0.4) is 0 Å². The molecule has 146 valence electrons. The summed E-state index contributed by atoms with van der Waals surface area (Å²) < 4.78 is 6.95. The maximum absolute atomic E-state index is 12.9. The third-order valence-electron chi connectivity index (χ3n) is 4.91. The maximum Gasteiger partial charge on any atom is 0.326 e. The van der Waals surface area contributed by atoms with Gasteiger partial charge < -0.3 is 19.5 Å². The second-order valence-corrected chi connectivity index (χ2v) is 6.66. The van der Waals surface area contributed by atoms with Gasteiger partial charge in [-0.3, -0.25) is 14.2 Å². The number of amides is 2. The van der Waals surface area contributed by atoms with E-state index in [1.54, 1.807) is 39.5 Å². The Hall–Kier alpha value is -2.61. The van der Waals surface area contributed by atoms with Gasteiger partial charge in [-0.05, 0) is 31.5 Å². The van der Waals surface area contributed by atoms with Crippen molar-refractivity contribution in [2.75, 3.05) is 39.4 Å². The minimum absolute atomic E-state index is 0.0386. The number of imidazole rings is 1. The second kappa shape index (κ2) is 8.39. The molecule has 1 aromatic heterocycles. The van der Waals surface area contributed by atoms with Crippen LogP contribution in [0, 0.1) is 0 Å². The molecule has 0 spiro atoms. The average Bonchev–Trinajstić information content (AvgIpc) is 2.83. The largest absolute Gasteiger partial charge is 0.380 e. The molecule has 8 nitrogen and oxygen atoms in total. The van der Waals surface area contributed by atoms with Gasteiger partial charge in [-0.15, -0.1) is 0 Å². The Labute approximate surface area is 157 Å². The van der Waals surface area contributed by atoms with E-state index in [1.807, 2.05) is 6.92 Å². The van der Waals surface area contributed by atoms with Crippen LogP contribution in [0.15, 0.2) is 23.0 Å². The lowest BCUT2D eigenvalue weighted by Gasteiger charge is -2.21. The SMILES string of the molecule is CCOCCn1c(=O)[nH]c2cc(C(=O)N3CCCN(C(C)=O)CC3)ccc21.